The summed E-state index contributed by atoms with van der Waals surface area (Å²) >= 11 is 0. The first kappa shape index (κ1) is 20.1. The molecule has 0 bridgehead atoms. The highest BCUT2D eigenvalue weighted by molar-refractivity contribution is 5.40. The first-order valence-electron chi connectivity index (χ1n) is 10.00. The molecule has 29 heavy (non-hydrogen) atoms. The van der Waals surface area contributed by atoms with Crippen LogP contribution in [0.4, 0.5) is 19.0 Å². The van der Waals surface area contributed by atoms with E-state index in [1.165, 1.54) is 11.6 Å². The van der Waals surface area contributed by atoms with Gasteiger partial charge in [-0.2, -0.15) is 13.2 Å². The van der Waals surface area contributed by atoms with Crippen LogP contribution in [0, 0.1) is 5.92 Å². The Morgan fingerprint density at radius 3 is 2.48 bits per heavy atom. The second kappa shape index (κ2) is 8.67. The van der Waals surface area contributed by atoms with Crippen molar-refractivity contribution in [3.05, 3.63) is 54.0 Å². The van der Waals surface area contributed by atoms with Gasteiger partial charge >= 0.3 is 6.18 Å². The van der Waals surface area contributed by atoms with Crippen molar-refractivity contribution in [3.8, 4) is 0 Å². The molecule has 2 aliphatic heterocycles. The maximum absolute atomic E-state index is 12.7. The number of hydrogen-bond donors (Lipinski definition) is 1. The van der Waals surface area contributed by atoms with Crippen LogP contribution in [0.1, 0.15) is 24.0 Å². The number of anilines is 1. The molecule has 2 atom stereocenters. The Balaban J connectivity index is 1.28. The van der Waals surface area contributed by atoms with E-state index in [4.69, 9.17) is 4.74 Å². The van der Waals surface area contributed by atoms with Crippen molar-refractivity contribution in [1.29, 1.82) is 0 Å². The van der Waals surface area contributed by atoms with Crippen molar-refractivity contribution in [2.75, 3.05) is 31.2 Å². The molecule has 0 unspecified atom stereocenters. The number of ether oxygens (including phenoxy) is 1. The van der Waals surface area contributed by atoms with Crippen molar-refractivity contribution >= 4 is 5.82 Å². The van der Waals surface area contributed by atoms with E-state index in [1.54, 1.807) is 0 Å². The summed E-state index contributed by atoms with van der Waals surface area (Å²) in [6.07, 6.45) is 3.03. The van der Waals surface area contributed by atoms with Crippen LogP contribution < -0.4 is 10.2 Å². The molecule has 0 spiro atoms. The molecular formula is C21H25F3N4O. The smallest absolute Gasteiger partial charge is 0.379 e. The molecule has 1 N–H and O–H groups in total. The molecule has 0 aliphatic carbocycles. The topological polar surface area (TPSA) is 50.3 Å². The Labute approximate surface area is 168 Å². The molecule has 2 fully saturated rings. The molecule has 4 heterocycles. The normalized spacial score (nSPS) is 23.5. The van der Waals surface area contributed by atoms with Crippen LogP contribution in [0.5, 0.6) is 0 Å². The van der Waals surface area contributed by atoms with Gasteiger partial charge in [0, 0.05) is 49.7 Å². The molecule has 0 amide bonds. The van der Waals surface area contributed by atoms with Crippen LogP contribution >= 0.6 is 0 Å². The number of rotatable bonds is 5. The van der Waals surface area contributed by atoms with Crippen LogP contribution in [-0.2, 0) is 17.3 Å². The molecule has 4 rings (SSSR count). The first-order valence-corrected chi connectivity index (χ1v) is 10.00. The third-order valence-corrected chi connectivity index (χ3v) is 5.79. The van der Waals surface area contributed by atoms with Gasteiger partial charge in [-0.15, -0.1) is 0 Å². The van der Waals surface area contributed by atoms with E-state index in [2.05, 4.69) is 20.2 Å². The largest absolute Gasteiger partial charge is 0.417 e. The van der Waals surface area contributed by atoms with Crippen LogP contribution in [0.15, 0.2) is 42.9 Å². The highest BCUT2D eigenvalue weighted by atomic mass is 19.4. The molecule has 2 aromatic rings. The minimum atomic E-state index is -4.35. The summed E-state index contributed by atoms with van der Waals surface area (Å²) in [5.74, 6) is 1.04. The summed E-state index contributed by atoms with van der Waals surface area (Å²) in [5, 5.41) is 3.75. The minimum absolute atomic E-state index is 0.323. The second-order valence-corrected chi connectivity index (χ2v) is 7.79. The van der Waals surface area contributed by atoms with Crippen molar-refractivity contribution in [2.24, 2.45) is 5.92 Å². The van der Waals surface area contributed by atoms with E-state index in [-0.39, 0.29) is 0 Å². The number of nitrogens with zero attached hydrogens (tertiary/aromatic N) is 3. The number of halogens is 3. The summed E-state index contributed by atoms with van der Waals surface area (Å²) in [7, 11) is 0. The van der Waals surface area contributed by atoms with Crippen LogP contribution in [0.3, 0.4) is 0 Å². The van der Waals surface area contributed by atoms with E-state index in [0.717, 1.165) is 57.8 Å². The number of aromatic nitrogens is 2. The molecular weight excluding hydrogens is 381 g/mol. The molecule has 2 aromatic heterocycles. The van der Waals surface area contributed by atoms with Crippen molar-refractivity contribution in [3.63, 3.8) is 0 Å². The van der Waals surface area contributed by atoms with Crippen LogP contribution in [-0.4, -0.2) is 48.4 Å². The average Bonchev–Trinajstić information content (AvgIpc) is 3.15. The third kappa shape index (κ3) is 5.05. The summed E-state index contributed by atoms with van der Waals surface area (Å²) in [6, 6.07) is 7.37. The lowest BCUT2D eigenvalue weighted by Crippen LogP contribution is -2.49. The zero-order valence-electron chi connectivity index (χ0n) is 16.1. The van der Waals surface area contributed by atoms with Gasteiger partial charge in [-0.05, 0) is 49.1 Å². The van der Waals surface area contributed by atoms with Gasteiger partial charge in [0.25, 0.3) is 0 Å². The minimum Gasteiger partial charge on any atom is -0.379 e. The van der Waals surface area contributed by atoms with Gasteiger partial charge in [-0.1, -0.05) is 0 Å². The number of alkyl halides is 3. The van der Waals surface area contributed by atoms with E-state index in [9.17, 15) is 13.2 Å². The first-order chi connectivity index (χ1) is 14.0. The van der Waals surface area contributed by atoms with Crippen molar-refractivity contribution < 1.29 is 17.9 Å². The maximum atomic E-state index is 12.7. The Bertz CT molecular complexity index is 777. The standard InChI is InChI=1S/C21H25F3N4O/c22-21(23,24)17-1-2-20(26-12-17)28-9-5-18(6-10-28)27-19-14-29-13-16(19)11-15-3-7-25-8-4-15/h1-4,7-8,12,16,18-19,27H,5-6,9-11,13-14H2/t16-,19-/m1/s1. The highest BCUT2D eigenvalue weighted by Gasteiger charge is 2.32. The van der Waals surface area contributed by atoms with Crippen LogP contribution in [0.25, 0.3) is 0 Å². The summed E-state index contributed by atoms with van der Waals surface area (Å²) in [4.78, 5) is 10.1. The fourth-order valence-electron chi connectivity index (χ4n) is 4.12. The monoisotopic (exact) mass is 406 g/mol. The van der Waals surface area contributed by atoms with E-state index >= 15 is 0 Å². The van der Waals surface area contributed by atoms with Gasteiger partial charge in [0.2, 0.25) is 0 Å². The van der Waals surface area contributed by atoms with Crippen molar-refractivity contribution in [2.45, 2.75) is 37.5 Å². The van der Waals surface area contributed by atoms with E-state index < -0.39 is 11.7 Å². The SMILES string of the molecule is FC(F)(F)c1ccc(N2CCC(N[C@@H]3COC[C@H]3Cc3ccncc3)CC2)nc1. The summed E-state index contributed by atoms with van der Waals surface area (Å²) in [5.41, 5.74) is 0.560. The van der Waals surface area contributed by atoms with Gasteiger partial charge in [-0.25, -0.2) is 4.98 Å². The van der Waals surface area contributed by atoms with E-state index in [0.29, 0.717) is 23.8 Å². The second-order valence-electron chi connectivity index (χ2n) is 7.79. The summed E-state index contributed by atoms with van der Waals surface area (Å²) in [6.45, 7) is 3.03. The molecule has 0 radical (unpaired) electrons. The lowest BCUT2D eigenvalue weighted by Gasteiger charge is -2.35. The van der Waals surface area contributed by atoms with Gasteiger partial charge in [0.1, 0.15) is 5.82 Å². The average molecular weight is 406 g/mol. The Morgan fingerprint density at radius 2 is 1.83 bits per heavy atom. The van der Waals surface area contributed by atoms with Gasteiger partial charge < -0.3 is 15.0 Å². The fourth-order valence-corrected chi connectivity index (χ4v) is 4.12. The number of hydrogen-bond acceptors (Lipinski definition) is 5. The van der Waals surface area contributed by atoms with Crippen molar-refractivity contribution in [1.82, 2.24) is 15.3 Å². The maximum Gasteiger partial charge on any atom is 0.417 e. The lowest BCUT2D eigenvalue weighted by atomic mass is 9.93. The molecule has 5 nitrogen and oxygen atoms in total. The third-order valence-electron chi connectivity index (χ3n) is 5.79. The Hall–Kier alpha value is -2.19. The molecule has 2 saturated heterocycles. The molecule has 2 aliphatic rings. The van der Waals surface area contributed by atoms with Gasteiger partial charge in [-0.3, -0.25) is 4.98 Å². The predicted molar refractivity (Wildman–Crippen MR) is 104 cm³/mol. The molecule has 8 heteroatoms. The zero-order chi connectivity index (χ0) is 20.3. The number of piperidine rings is 1. The highest BCUT2D eigenvalue weighted by Crippen LogP contribution is 2.30. The van der Waals surface area contributed by atoms with E-state index in [1.807, 2.05) is 24.5 Å². The predicted octanol–water partition coefficient (Wildman–Crippen LogP) is 3.31. The number of pyridine rings is 2. The molecule has 156 valence electrons. The molecule has 0 aromatic carbocycles. The Morgan fingerprint density at radius 1 is 1.07 bits per heavy atom. The Kier molecular flexibility index (Phi) is 6.01. The van der Waals surface area contributed by atoms with Crippen LogP contribution in [0.2, 0.25) is 0 Å². The molecule has 0 saturated carbocycles. The van der Waals surface area contributed by atoms with Gasteiger partial charge in [0.15, 0.2) is 0 Å². The quantitative estimate of drug-likeness (QED) is 0.826. The lowest BCUT2D eigenvalue weighted by molar-refractivity contribution is -0.137. The fraction of sp³-hybridized carbons (Fsp3) is 0.524. The summed E-state index contributed by atoms with van der Waals surface area (Å²) < 4.78 is 43.8. The zero-order valence-corrected chi connectivity index (χ0v) is 16.1. The van der Waals surface area contributed by atoms with Gasteiger partial charge in [0.05, 0.1) is 18.8 Å². The number of nitrogens with one attached hydrogen (secondary N) is 1.